The van der Waals surface area contributed by atoms with Crippen LogP contribution in [-0.2, 0) is 0 Å². The second kappa shape index (κ2) is 11.0. The van der Waals surface area contributed by atoms with Gasteiger partial charge in [-0.1, -0.05) is 146 Å². The lowest BCUT2D eigenvalue weighted by Crippen LogP contribution is -1.96. The Hall–Kier alpha value is -6.58. The zero-order chi connectivity index (χ0) is 32.3. The number of rotatable bonds is 5. The maximum absolute atomic E-state index is 6.62. The summed E-state index contributed by atoms with van der Waals surface area (Å²) in [6.07, 6.45) is 0. The zero-order valence-electron chi connectivity index (χ0n) is 26.5. The molecule has 0 aliphatic rings. The van der Waals surface area contributed by atoms with Crippen LogP contribution in [0.5, 0.6) is 0 Å². The number of aromatic nitrogens is 2. The molecular weight excluding hydrogens is 597 g/mol. The van der Waals surface area contributed by atoms with Crippen molar-refractivity contribution >= 4 is 43.5 Å². The Bertz CT molecular complexity index is 2740. The summed E-state index contributed by atoms with van der Waals surface area (Å²) in [6.45, 7) is 0. The van der Waals surface area contributed by atoms with Gasteiger partial charge in [-0.15, -0.1) is 0 Å². The Morgan fingerprint density at radius 2 is 0.898 bits per heavy atom. The summed E-state index contributed by atoms with van der Waals surface area (Å²) < 4.78 is 6.62. The van der Waals surface area contributed by atoms with Crippen molar-refractivity contribution in [2.45, 2.75) is 0 Å². The Kier molecular flexibility index (Phi) is 6.18. The van der Waals surface area contributed by atoms with Gasteiger partial charge in [-0.2, -0.15) is 0 Å². The van der Waals surface area contributed by atoms with E-state index in [1.54, 1.807) is 0 Å². The summed E-state index contributed by atoms with van der Waals surface area (Å²) in [7, 11) is 0. The molecule has 0 fully saturated rings. The molecule has 0 atom stereocenters. The molecule has 0 aliphatic carbocycles. The molecule has 0 saturated heterocycles. The highest BCUT2D eigenvalue weighted by Gasteiger charge is 2.20. The van der Waals surface area contributed by atoms with E-state index in [-0.39, 0.29) is 0 Å². The number of furan rings is 1. The predicted octanol–water partition coefficient (Wildman–Crippen LogP) is 12.5. The second-order valence-electron chi connectivity index (χ2n) is 12.5. The van der Waals surface area contributed by atoms with Crippen molar-refractivity contribution in [3.63, 3.8) is 0 Å². The number of hydrogen-bond donors (Lipinski definition) is 0. The van der Waals surface area contributed by atoms with Gasteiger partial charge >= 0.3 is 0 Å². The summed E-state index contributed by atoms with van der Waals surface area (Å²) in [5.41, 5.74) is 11.2. The lowest BCUT2D eigenvalue weighted by atomic mass is 9.91. The van der Waals surface area contributed by atoms with Crippen molar-refractivity contribution < 1.29 is 4.42 Å². The third-order valence-corrected chi connectivity index (χ3v) is 9.67. The summed E-state index contributed by atoms with van der Waals surface area (Å²) in [5, 5.41) is 7.39. The lowest BCUT2D eigenvalue weighted by Gasteiger charge is -2.11. The first-order chi connectivity index (χ1) is 24.3. The van der Waals surface area contributed by atoms with Crippen LogP contribution in [0.2, 0.25) is 0 Å². The normalized spacial score (nSPS) is 11.7. The number of fused-ring (bicyclic) bond motifs is 3. The third-order valence-electron chi connectivity index (χ3n) is 9.67. The van der Waals surface area contributed by atoms with Crippen molar-refractivity contribution in [3.8, 4) is 56.2 Å². The molecule has 3 heteroatoms. The van der Waals surface area contributed by atoms with Gasteiger partial charge in [0.15, 0.2) is 5.82 Å². The molecule has 0 aliphatic heterocycles. The van der Waals surface area contributed by atoms with Crippen LogP contribution in [-0.4, -0.2) is 9.97 Å². The molecule has 0 amide bonds. The smallest absolute Gasteiger partial charge is 0.160 e. The Labute approximate surface area is 283 Å². The van der Waals surface area contributed by atoms with Crippen LogP contribution in [0.4, 0.5) is 0 Å². The summed E-state index contributed by atoms with van der Waals surface area (Å²) in [5.74, 6) is 0.702. The molecule has 49 heavy (non-hydrogen) atoms. The molecule has 0 N–H and O–H groups in total. The van der Waals surface area contributed by atoms with E-state index in [0.29, 0.717) is 5.82 Å². The van der Waals surface area contributed by atoms with Crippen LogP contribution >= 0.6 is 0 Å². The van der Waals surface area contributed by atoms with E-state index in [0.717, 1.165) is 61.5 Å². The van der Waals surface area contributed by atoms with Crippen LogP contribution in [0.15, 0.2) is 174 Å². The van der Waals surface area contributed by atoms with Gasteiger partial charge < -0.3 is 4.42 Å². The standard InChI is InChI=1S/C46H28N2O/c1-3-11-31(12-4-1)40-28-41(32-13-5-2-6-14-32)48-46(47-40)34-16-9-15-33(27-34)29-21-23-30(24-22-29)35-25-26-39-37-18-8-7-17-36(37)38-19-10-20-42-43(38)44(39)45(35)49-42/h1-28H. The van der Waals surface area contributed by atoms with Gasteiger partial charge in [-0.3, -0.25) is 0 Å². The first kappa shape index (κ1) is 27.5. The van der Waals surface area contributed by atoms with E-state index in [4.69, 9.17) is 14.4 Å². The van der Waals surface area contributed by atoms with Gasteiger partial charge in [0.05, 0.1) is 11.4 Å². The summed E-state index contributed by atoms with van der Waals surface area (Å²) >= 11 is 0. The highest BCUT2D eigenvalue weighted by Crippen LogP contribution is 2.45. The van der Waals surface area contributed by atoms with Crippen molar-refractivity contribution in [1.29, 1.82) is 0 Å². The van der Waals surface area contributed by atoms with Crippen molar-refractivity contribution in [2.24, 2.45) is 0 Å². The van der Waals surface area contributed by atoms with E-state index in [2.05, 4.69) is 133 Å². The van der Waals surface area contributed by atoms with Crippen molar-refractivity contribution in [1.82, 2.24) is 9.97 Å². The Morgan fingerprint density at radius 3 is 1.59 bits per heavy atom. The molecule has 2 heterocycles. The van der Waals surface area contributed by atoms with Crippen LogP contribution in [0, 0.1) is 0 Å². The average molecular weight is 625 g/mol. The molecule has 10 aromatic rings. The lowest BCUT2D eigenvalue weighted by molar-refractivity contribution is 0.670. The van der Waals surface area contributed by atoms with E-state index in [9.17, 15) is 0 Å². The van der Waals surface area contributed by atoms with Gasteiger partial charge in [0.25, 0.3) is 0 Å². The zero-order valence-corrected chi connectivity index (χ0v) is 26.5. The topological polar surface area (TPSA) is 38.9 Å². The molecule has 2 aromatic heterocycles. The molecule has 0 spiro atoms. The summed E-state index contributed by atoms with van der Waals surface area (Å²) in [6, 6.07) is 59.5. The minimum atomic E-state index is 0.702. The van der Waals surface area contributed by atoms with E-state index >= 15 is 0 Å². The molecule has 8 aromatic carbocycles. The molecule has 0 bridgehead atoms. The maximum Gasteiger partial charge on any atom is 0.160 e. The van der Waals surface area contributed by atoms with E-state index in [1.807, 2.05) is 36.4 Å². The van der Waals surface area contributed by atoms with E-state index in [1.165, 1.54) is 32.3 Å². The molecule has 228 valence electrons. The van der Waals surface area contributed by atoms with Crippen molar-refractivity contribution in [3.05, 3.63) is 170 Å². The SMILES string of the molecule is c1ccc(-c2cc(-c3ccccc3)nc(-c3cccc(-c4ccc(-c5ccc6c7ccccc7c7cccc8oc5c6c87)cc4)c3)n2)cc1. The fourth-order valence-electron chi connectivity index (χ4n) is 7.32. The van der Waals surface area contributed by atoms with Crippen LogP contribution in [0.3, 0.4) is 0 Å². The van der Waals surface area contributed by atoms with Crippen LogP contribution < -0.4 is 0 Å². The molecule has 0 radical (unpaired) electrons. The predicted molar refractivity (Wildman–Crippen MR) is 203 cm³/mol. The van der Waals surface area contributed by atoms with Gasteiger partial charge in [0.1, 0.15) is 11.2 Å². The van der Waals surface area contributed by atoms with Crippen LogP contribution in [0.25, 0.3) is 99.6 Å². The first-order valence-electron chi connectivity index (χ1n) is 16.6. The average Bonchev–Trinajstić information content (AvgIpc) is 3.58. The minimum Gasteiger partial charge on any atom is -0.455 e. The first-order valence-corrected chi connectivity index (χ1v) is 16.6. The fraction of sp³-hybridized carbons (Fsp3) is 0. The van der Waals surface area contributed by atoms with Gasteiger partial charge in [0, 0.05) is 33.0 Å². The van der Waals surface area contributed by atoms with Crippen molar-refractivity contribution in [2.75, 3.05) is 0 Å². The van der Waals surface area contributed by atoms with Gasteiger partial charge in [-0.05, 0) is 62.5 Å². The molecule has 0 unspecified atom stereocenters. The largest absolute Gasteiger partial charge is 0.455 e. The number of benzene rings is 8. The quantitative estimate of drug-likeness (QED) is 0.179. The summed E-state index contributed by atoms with van der Waals surface area (Å²) in [4.78, 5) is 10.1. The van der Waals surface area contributed by atoms with Gasteiger partial charge in [0.2, 0.25) is 0 Å². The third kappa shape index (κ3) is 4.51. The molecular formula is C46H28N2O. The number of hydrogen-bond acceptors (Lipinski definition) is 3. The van der Waals surface area contributed by atoms with Gasteiger partial charge in [-0.25, -0.2) is 9.97 Å². The number of nitrogens with zero attached hydrogens (tertiary/aromatic N) is 2. The Morgan fingerprint density at radius 1 is 0.347 bits per heavy atom. The molecule has 10 rings (SSSR count). The molecule has 0 saturated carbocycles. The monoisotopic (exact) mass is 624 g/mol. The highest BCUT2D eigenvalue weighted by atomic mass is 16.3. The minimum absolute atomic E-state index is 0.702. The fourth-order valence-corrected chi connectivity index (χ4v) is 7.32. The second-order valence-corrected chi connectivity index (χ2v) is 12.5. The van der Waals surface area contributed by atoms with E-state index < -0.39 is 0 Å². The Balaban J connectivity index is 1.05. The highest BCUT2D eigenvalue weighted by molar-refractivity contribution is 6.34. The van der Waals surface area contributed by atoms with Crippen LogP contribution in [0.1, 0.15) is 0 Å². The maximum atomic E-state index is 6.62. The molecule has 3 nitrogen and oxygen atoms in total.